The molecule has 2 unspecified atom stereocenters. The summed E-state index contributed by atoms with van der Waals surface area (Å²) in [6, 6.07) is 7.98. The number of aliphatic hydroxyl groups is 1. The zero-order valence-corrected chi connectivity index (χ0v) is 21.7. The van der Waals surface area contributed by atoms with Gasteiger partial charge in [0, 0.05) is 12.3 Å². The number of allylic oxidation sites excluding steroid dienone is 1. The van der Waals surface area contributed by atoms with Gasteiger partial charge in [-0.15, -0.1) is 11.8 Å². The van der Waals surface area contributed by atoms with E-state index in [0.29, 0.717) is 28.9 Å². The van der Waals surface area contributed by atoms with Crippen molar-refractivity contribution in [2.75, 3.05) is 12.3 Å². The molecule has 2 aromatic rings. The van der Waals surface area contributed by atoms with Gasteiger partial charge in [0.2, 0.25) is 0 Å². The zero-order valence-electron chi connectivity index (χ0n) is 19.3. The quantitative estimate of drug-likeness (QED) is 0.301. The molecule has 1 heterocycles. The number of thioether (sulfide) groups is 1. The van der Waals surface area contributed by atoms with Crippen LogP contribution in [0.4, 0.5) is 0 Å². The summed E-state index contributed by atoms with van der Waals surface area (Å²) < 4.78 is 0. The molecule has 0 aliphatic carbocycles. The first-order valence-electron chi connectivity index (χ1n) is 11.2. The number of carboxylic acids is 1. The summed E-state index contributed by atoms with van der Waals surface area (Å²) in [5, 5.41) is 34.4. The van der Waals surface area contributed by atoms with Crippen molar-refractivity contribution in [3.05, 3.63) is 74.1 Å². The minimum atomic E-state index is -1.39. The molecule has 5 N–H and O–H groups in total. The molecule has 3 atom stereocenters. The monoisotopic (exact) mass is 552 g/mol. The highest BCUT2D eigenvalue weighted by atomic mass is 35.5. The summed E-state index contributed by atoms with van der Waals surface area (Å²) in [5.74, 6) is -1.41. The van der Waals surface area contributed by atoms with E-state index < -0.39 is 29.9 Å². The van der Waals surface area contributed by atoms with Crippen LogP contribution in [-0.2, 0) is 16.0 Å². The highest BCUT2D eigenvalue weighted by Crippen LogP contribution is 2.30. The number of benzene rings is 2. The molecule has 1 aliphatic rings. The Morgan fingerprint density at radius 1 is 1.14 bits per heavy atom. The Balaban J connectivity index is 1.62. The molecule has 0 fully saturated rings. The first-order chi connectivity index (χ1) is 17.0. The number of nitrogens with one attached hydrogen (secondary N) is 2. The van der Waals surface area contributed by atoms with Crippen LogP contribution in [0.5, 0.6) is 5.75 Å². The molecule has 1 aliphatic heterocycles. The number of aliphatic hydroxyl groups excluding tert-OH is 1. The van der Waals surface area contributed by atoms with Gasteiger partial charge in [0.25, 0.3) is 11.8 Å². The van der Waals surface area contributed by atoms with Crippen LogP contribution in [-0.4, -0.2) is 51.4 Å². The fourth-order valence-corrected chi connectivity index (χ4v) is 5.39. The van der Waals surface area contributed by atoms with Crippen molar-refractivity contribution in [3.8, 4) is 5.75 Å². The lowest BCUT2D eigenvalue weighted by atomic mass is 10.00. The molecular weight excluding hydrogens is 527 g/mol. The number of aromatic hydroxyl groups is 1. The molecule has 2 aromatic carbocycles. The zero-order chi connectivity index (χ0) is 26.4. The van der Waals surface area contributed by atoms with Crippen molar-refractivity contribution in [3.63, 3.8) is 0 Å². The van der Waals surface area contributed by atoms with Gasteiger partial charge in [-0.25, -0.2) is 4.79 Å². The van der Waals surface area contributed by atoms with Gasteiger partial charge in [-0.1, -0.05) is 48.3 Å². The normalized spacial score (nSPS) is 16.7. The first kappa shape index (κ1) is 27.9. The Labute approximate surface area is 222 Å². The molecule has 192 valence electrons. The second-order valence-electron chi connectivity index (χ2n) is 8.48. The smallest absolute Gasteiger partial charge is 0.328 e. The summed E-state index contributed by atoms with van der Waals surface area (Å²) in [4.78, 5) is 37.3. The average Bonchev–Trinajstić information content (AvgIpc) is 3.25. The van der Waals surface area contributed by atoms with Crippen molar-refractivity contribution in [1.82, 2.24) is 10.6 Å². The molecule has 0 spiro atoms. The van der Waals surface area contributed by atoms with Crippen LogP contribution in [0.1, 0.15) is 40.9 Å². The molecule has 0 radical (unpaired) electrons. The molecule has 0 saturated heterocycles. The molecule has 8 nitrogen and oxygen atoms in total. The SMILES string of the molecule is CC1C=C(C(=O)NC[C@H](NC(=O)c2c(Cl)cc(CCC(O)c3cccc(O)c3)cc2Cl)C(=O)O)SC1. The predicted octanol–water partition coefficient (Wildman–Crippen LogP) is 3.93. The Hall–Kier alpha value is -2.72. The minimum absolute atomic E-state index is 0.0246. The molecule has 36 heavy (non-hydrogen) atoms. The van der Waals surface area contributed by atoms with Crippen molar-refractivity contribution in [1.29, 1.82) is 0 Å². The van der Waals surface area contributed by atoms with Gasteiger partial charge in [-0.3, -0.25) is 9.59 Å². The van der Waals surface area contributed by atoms with Gasteiger partial charge in [0.15, 0.2) is 0 Å². The van der Waals surface area contributed by atoms with E-state index in [2.05, 4.69) is 10.6 Å². The number of aryl methyl sites for hydroxylation is 1. The summed E-state index contributed by atoms with van der Waals surface area (Å²) in [6.45, 7) is 1.66. The van der Waals surface area contributed by atoms with Crippen molar-refractivity contribution >= 4 is 52.7 Å². The number of phenolic OH excluding ortho intramolecular Hbond substituents is 1. The number of carboxylic acid groups (broad SMARTS) is 1. The maximum atomic E-state index is 12.8. The summed E-state index contributed by atoms with van der Waals surface area (Å²) in [6.07, 6.45) is 1.69. The van der Waals surface area contributed by atoms with Crippen LogP contribution >= 0.6 is 35.0 Å². The van der Waals surface area contributed by atoms with Crippen LogP contribution in [0.3, 0.4) is 0 Å². The van der Waals surface area contributed by atoms with E-state index in [4.69, 9.17) is 23.2 Å². The fourth-order valence-electron chi connectivity index (χ4n) is 3.62. The number of aliphatic carboxylic acids is 1. The van der Waals surface area contributed by atoms with Crippen molar-refractivity contribution in [2.45, 2.75) is 31.9 Å². The first-order valence-corrected chi connectivity index (χ1v) is 12.9. The van der Waals surface area contributed by atoms with E-state index in [1.807, 2.05) is 13.0 Å². The lowest BCUT2D eigenvalue weighted by molar-refractivity contribution is -0.139. The summed E-state index contributed by atoms with van der Waals surface area (Å²) in [5.41, 5.74) is 1.14. The number of hydrogen-bond acceptors (Lipinski definition) is 6. The molecule has 0 bridgehead atoms. The molecular formula is C25H26Cl2N2O6S. The topological polar surface area (TPSA) is 136 Å². The number of phenols is 1. The number of carbonyl (C=O) groups is 3. The van der Waals surface area contributed by atoms with Crippen LogP contribution in [0, 0.1) is 5.92 Å². The van der Waals surface area contributed by atoms with Gasteiger partial charge in [0.1, 0.15) is 11.8 Å². The Kier molecular flexibility index (Phi) is 9.67. The predicted molar refractivity (Wildman–Crippen MR) is 139 cm³/mol. The number of amides is 2. The standard InChI is InChI=1S/C25H26Cl2N2O6S/c1-13-7-21(36-12-13)23(32)28-11-19(25(34)35)29-24(33)22-17(26)8-14(9-18(22)27)5-6-20(31)15-3-2-4-16(30)10-15/h2-4,7-10,13,19-20,30-31H,5-6,11-12H2,1H3,(H,28,32)(H,29,33)(H,34,35)/t13?,19-,20?/m0/s1. The third kappa shape index (κ3) is 7.39. The minimum Gasteiger partial charge on any atom is -0.508 e. The molecule has 2 amide bonds. The van der Waals surface area contributed by atoms with E-state index in [-0.39, 0.29) is 33.8 Å². The van der Waals surface area contributed by atoms with Gasteiger partial charge >= 0.3 is 5.97 Å². The van der Waals surface area contributed by atoms with Crippen molar-refractivity contribution < 1.29 is 29.7 Å². The van der Waals surface area contributed by atoms with E-state index in [1.165, 1.54) is 36.0 Å². The highest BCUT2D eigenvalue weighted by Gasteiger charge is 2.26. The van der Waals surface area contributed by atoms with Gasteiger partial charge < -0.3 is 26.0 Å². The number of hydrogen-bond donors (Lipinski definition) is 5. The Morgan fingerprint density at radius 3 is 2.42 bits per heavy atom. The van der Waals surface area contributed by atoms with Crippen LogP contribution < -0.4 is 10.6 Å². The molecule has 0 saturated carbocycles. The Morgan fingerprint density at radius 2 is 1.83 bits per heavy atom. The van der Waals surface area contributed by atoms with Gasteiger partial charge in [0.05, 0.1) is 26.6 Å². The third-order valence-corrected chi connectivity index (χ3v) is 7.44. The maximum Gasteiger partial charge on any atom is 0.328 e. The number of halogens is 2. The van der Waals surface area contributed by atoms with E-state index in [1.54, 1.807) is 12.1 Å². The lowest BCUT2D eigenvalue weighted by Gasteiger charge is -2.17. The fraction of sp³-hybridized carbons (Fsp3) is 0.320. The molecule has 3 rings (SSSR count). The van der Waals surface area contributed by atoms with Crippen molar-refractivity contribution in [2.24, 2.45) is 5.92 Å². The number of rotatable bonds is 10. The van der Waals surface area contributed by atoms with E-state index in [0.717, 1.165) is 5.75 Å². The lowest BCUT2D eigenvalue weighted by Crippen LogP contribution is -2.48. The van der Waals surface area contributed by atoms with Crippen LogP contribution in [0.25, 0.3) is 0 Å². The van der Waals surface area contributed by atoms with E-state index in [9.17, 15) is 29.7 Å². The molecule has 0 aromatic heterocycles. The third-order valence-electron chi connectivity index (χ3n) is 5.52. The second kappa shape index (κ2) is 12.5. The average molecular weight is 553 g/mol. The number of carbonyl (C=O) groups excluding carboxylic acids is 2. The van der Waals surface area contributed by atoms with Crippen LogP contribution in [0.15, 0.2) is 47.4 Å². The summed E-state index contributed by atoms with van der Waals surface area (Å²) in [7, 11) is 0. The van der Waals surface area contributed by atoms with Crippen LogP contribution in [0.2, 0.25) is 10.0 Å². The second-order valence-corrected chi connectivity index (χ2v) is 10.4. The highest BCUT2D eigenvalue weighted by molar-refractivity contribution is 8.04. The van der Waals surface area contributed by atoms with Gasteiger partial charge in [-0.2, -0.15) is 0 Å². The van der Waals surface area contributed by atoms with E-state index >= 15 is 0 Å². The molecule has 11 heteroatoms. The summed E-state index contributed by atoms with van der Waals surface area (Å²) >= 11 is 14.0. The largest absolute Gasteiger partial charge is 0.508 e. The maximum absolute atomic E-state index is 12.8. The Bertz CT molecular complexity index is 1170. The van der Waals surface area contributed by atoms with Gasteiger partial charge in [-0.05, 0) is 54.2 Å².